The molecule has 25 heteroatoms. The van der Waals surface area contributed by atoms with Gasteiger partial charge in [0, 0.05) is 9.85 Å². The number of hydrogen-bond donors (Lipinski definition) is 0. The van der Waals surface area contributed by atoms with Crippen LogP contribution < -0.4 is 0 Å². The fourth-order valence-corrected chi connectivity index (χ4v) is 2.21. The molecule has 0 aliphatic carbocycles. The number of hydrogen-bond acceptors (Lipinski definition) is 17. The summed E-state index contributed by atoms with van der Waals surface area (Å²) in [7, 11) is 0. The van der Waals surface area contributed by atoms with Crippen LogP contribution in [0.2, 0.25) is 0 Å². The van der Waals surface area contributed by atoms with Crippen LogP contribution in [0.25, 0.3) is 0 Å². The Hall–Kier alpha value is -4.84. The molecule has 0 aromatic rings. The van der Waals surface area contributed by atoms with E-state index in [0.29, 0.717) is 0 Å². The number of nitro groups is 8. The first-order valence-corrected chi connectivity index (χ1v) is 7.70. The second kappa shape index (κ2) is 10.5. The van der Waals surface area contributed by atoms with Crippen molar-refractivity contribution >= 4 is 0 Å². The predicted molar refractivity (Wildman–Crippen MR) is 89.0 cm³/mol. The summed E-state index contributed by atoms with van der Waals surface area (Å²) in [5.74, 6) is -8.61. The summed E-state index contributed by atoms with van der Waals surface area (Å²) < 4.78 is 4.43. The van der Waals surface area contributed by atoms with E-state index in [1.54, 1.807) is 0 Å². The lowest BCUT2D eigenvalue weighted by Gasteiger charge is -2.14. The second-order valence-corrected chi connectivity index (χ2v) is 5.92. The molecule has 184 valence electrons. The Kier molecular flexibility index (Phi) is 8.92. The molecular weight excluding hydrogens is 480 g/mol. The van der Waals surface area contributed by atoms with Crippen LogP contribution in [0.1, 0.15) is 12.8 Å². The van der Waals surface area contributed by atoms with Gasteiger partial charge in [0.05, 0.1) is 0 Å². The maximum atomic E-state index is 11.0. The van der Waals surface area contributed by atoms with Crippen molar-refractivity contribution in [3.63, 3.8) is 0 Å². The lowest BCUT2D eigenvalue weighted by atomic mass is 10.1. The van der Waals surface area contributed by atoms with E-state index in [-0.39, 0.29) is 0 Å². The molecule has 0 bridgehead atoms. The summed E-state index contributed by atoms with van der Waals surface area (Å²) in [5.41, 5.74) is 0. The topological polar surface area (TPSA) is 354 Å². The summed E-state index contributed by atoms with van der Waals surface area (Å²) in [6.07, 6.45) is -4.03. The third-order valence-electron chi connectivity index (χ3n) is 3.99. The van der Waals surface area contributed by atoms with Gasteiger partial charge in [0.2, 0.25) is 12.8 Å². The highest BCUT2D eigenvalue weighted by atomic mass is 16.7. The number of ether oxygens (including phenoxy) is 1. The quantitative estimate of drug-likeness (QED) is 0.129. The first-order chi connectivity index (χ1) is 15.0. The summed E-state index contributed by atoms with van der Waals surface area (Å²) in [5, 5.41) is 87.2. The van der Waals surface area contributed by atoms with Crippen LogP contribution in [-0.2, 0) is 4.74 Å². The second-order valence-electron chi connectivity index (χ2n) is 5.92. The lowest BCUT2D eigenvalue weighted by molar-refractivity contribution is -0.973. The van der Waals surface area contributed by atoms with E-state index in [2.05, 4.69) is 4.74 Å². The van der Waals surface area contributed by atoms with Crippen molar-refractivity contribution in [1.29, 1.82) is 0 Å². The van der Waals surface area contributed by atoms with Crippen LogP contribution in [0.3, 0.4) is 0 Å². The van der Waals surface area contributed by atoms with Crippen LogP contribution in [0.5, 0.6) is 0 Å². The van der Waals surface area contributed by atoms with Gasteiger partial charge in [0.25, 0.3) is 12.1 Å². The molecule has 0 radical (unpaired) electrons. The first kappa shape index (κ1) is 28.2. The van der Waals surface area contributed by atoms with E-state index in [1.807, 2.05) is 0 Å². The molecule has 0 aromatic carbocycles. The average molecular weight is 490 g/mol. The predicted octanol–water partition coefficient (Wildman–Crippen LogP) is -1.96. The molecule has 0 spiro atoms. The largest absolute Gasteiger partial charge is 0.706 e. The third kappa shape index (κ3) is 5.65. The summed E-state index contributed by atoms with van der Waals surface area (Å²) >= 11 is 0. The lowest BCUT2D eigenvalue weighted by Crippen LogP contribution is -2.57. The molecule has 0 heterocycles. The Balaban J connectivity index is 5.76. The maximum Gasteiger partial charge on any atom is 0.706 e. The molecule has 0 saturated carbocycles. The van der Waals surface area contributed by atoms with Crippen LogP contribution in [0, 0.1) is 80.9 Å². The smallest absolute Gasteiger partial charge is 0.367 e. The molecule has 25 nitrogen and oxygen atoms in total. The van der Waals surface area contributed by atoms with Crippen molar-refractivity contribution in [1.82, 2.24) is 0 Å². The van der Waals surface area contributed by atoms with Gasteiger partial charge >= 0.3 is 11.6 Å². The minimum absolute atomic E-state index is 1.50. The average Bonchev–Trinajstić information content (AvgIpc) is 2.64. The number of rotatable bonds is 16. The van der Waals surface area contributed by atoms with Gasteiger partial charge in [0.1, 0.15) is 13.2 Å². The fraction of sp³-hybridized carbons (Fsp3) is 1.00. The van der Waals surface area contributed by atoms with E-state index in [9.17, 15) is 80.9 Å². The zero-order chi connectivity index (χ0) is 26.3. The van der Waals surface area contributed by atoms with Crippen LogP contribution >= 0.6 is 0 Å². The molecule has 33 heavy (non-hydrogen) atoms. The zero-order valence-corrected chi connectivity index (χ0v) is 15.5. The summed E-state index contributed by atoms with van der Waals surface area (Å²) in [6.45, 7) is -3.03. The van der Waals surface area contributed by atoms with E-state index >= 15 is 0 Å². The van der Waals surface area contributed by atoms with Gasteiger partial charge in [0.15, 0.2) is 29.5 Å². The van der Waals surface area contributed by atoms with Crippen molar-refractivity contribution in [2.24, 2.45) is 0 Å². The molecular formula is C8H10N8O17. The van der Waals surface area contributed by atoms with Crippen molar-refractivity contribution in [2.75, 3.05) is 13.2 Å². The van der Waals surface area contributed by atoms with Crippen molar-refractivity contribution in [2.45, 2.75) is 36.5 Å². The van der Waals surface area contributed by atoms with E-state index < -0.39 is 89.1 Å². The van der Waals surface area contributed by atoms with E-state index in [4.69, 9.17) is 0 Å². The van der Waals surface area contributed by atoms with Gasteiger partial charge in [-0.1, -0.05) is 0 Å². The molecule has 2 unspecified atom stereocenters. The Labute approximate surface area is 176 Å². The van der Waals surface area contributed by atoms with Gasteiger partial charge in [-0.3, -0.25) is 80.9 Å². The Bertz CT molecular complexity index is 744. The van der Waals surface area contributed by atoms with Gasteiger partial charge in [-0.25, -0.2) is 0 Å². The maximum absolute atomic E-state index is 11.0. The number of nitrogens with zero attached hydrogens (tertiary/aromatic N) is 8. The molecule has 0 amide bonds. The van der Waals surface area contributed by atoms with E-state index in [1.165, 1.54) is 0 Å². The van der Waals surface area contributed by atoms with Crippen LogP contribution in [0.4, 0.5) is 0 Å². The normalized spacial score (nSPS) is 13.3. The molecule has 0 fully saturated rings. The highest BCUT2D eigenvalue weighted by Crippen LogP contribution is 2.23. The monoisotopic (exact) mass is 490 g/mol. The minimum Gasteiger partial charge on any atom is -0.367 e. The molecule has 0 saturated heterocycles. The highest BCUT2D eigenvalue weighted by Gasteiger charge is 2.74. The molecule has 0 aliphatic rings. The Morgan fingerprint density at radius 3 is 0.848 bits per heavy atom. The van der Waals surface area contributed by atoms with Crippen molar-refractivity contribution in [3.05, 3.63) is 80.9 Å². The van der Waals surface area contributed by atoms with Gasteiger partial charge < -0.3 is 4.74 Å². The third-order valence-corrected chi connectivity index (χ3v) is 3.99. The first-order valence-electron chi connectivity index (χ1n) is 7.70. The van der Waals surface area contributed by atoms with E-state index in [0.717, 1.165) is 0 Å². The molecule has 2 atom stereocenters. The summed E-state index contributed by atoms with van der Waals surface area (Å²) in [6, 6.07) is -5.21. The SMILES string of the molecule is O=[N+]([O-])C(COCC(CC([N+](=O)[O-])([N+](=O)[O-])[N+](=O)[O-])[N+](=O)[O-])CC([N+](=O)[O-])([N+](=O)[O-])[N+](=O)[O-]. The van der Waals surface area contributed by atoms with Crippen molar-refractivity contribution < 1.29 is 44.1 Å². The highest BCUT2D eigenvalue weighted by molar-refractivity contribution is 4.67. The van der Waals surface area contributed by atoms with Gasteiger partial charge in [-0.2, -0.15) is 0 Å². The van der Waals surface area contributed by atoms with Crippen LogP contribution in [-0.4, -0.2) is 76.3 Å². The Morgan fingerprint density at radius 1 is 0.485 bits per heavy atom. The molecule has 0 aliphatic heterocycles. The molecule has 0 rings (SSSR count). The Morgan fingerprint density at radius 2 is 0.697 bits per heavy atom. The summed E-state index contributed by atoms with van der Waals surface area (Å²) in [4.78, 5) is 71.9. The fourth-order valence-electron chi connectivity index (χ4n) is 2.21. The zero-order valence-electron chi connectivity index (χ0n) is 15.5. The molecule has 0 N–H and O–H groups in total. The van der Waals surface area contributed by atoms with Crippen LogP contribution in [0.15, 0.2) is 0 Å². The van der Waals surface area contributed by atoms with Gasteiger partial charge in [-0.15, -0.1) is 0 Å². The minimum atomic E-state index is -4.30. The van der Waals surface area contributed by atoms with Crippen molar-refractivity contribution in [3.8, 4) is 0 Å². The van der Waals surface area contributed by atoms with Gasteiger partial charge in [-0.05, 0) is 0 Å². The molecule has 0 aromatic heterocycles. The standard InChI is InChI=1S/C8H10N8O17/c17-9(18)5(1-7(11(21)22,12(23)24)13(25)26)3-33-4-6(10(19)20)2-8(14(27)28,15(29)30)16(31)32/h5-6H,1-4H2.